The van der Waals surface area contributed by atoms with Gasteiger partial charge in [-0.3, -0.25) is 0 Å². The van der Waals surface area contributed by atoms with E-state index >= 15 is 0 Å². The predicted molar refractivity (Wildman–Crippen MR) is 276 cm³/mol. The maximum atomic E-state index is 2.54. The van der Waals surface area contributed by atoms with Crippen LogP contribution in [0.2, 0.25) is 0 Å². The lowest BCUT2D eigenvalue weighted by atomic mass is 9.93. The lowest BCUT2D eigenvalue weighted by Crippen LogP contribution is -2.15. The number of hydrogen-bond donors (Lipinski definition) is 0. The summed E-state index contributed by atoms with van der Waals surface area (Å²) in [5.41, 5.74) is 6.78. The van der Waals surface area contributed by atoms with Crippen LogP contribution in [0.3, 0.4) is 0 Å². The molecule has 0 aromatic heterocycles. The molecule has 0 fully saturated rings. The Morgan fingerprint density at radius 2 is 0.469 bits per heavy atom. The Kier molecular flexibility index (Phi) is 8.25. The minimum absolute atomic E-state index is 1.11. The second kappa shape index (κ2) is 14.6. The first kappa shape index (κ1) is 36.2. The van der Waals surface area contributed by atoms with Crippen LogP contribution in [0.5, 0.6) is 0 Å². The standard InChI is InChI=1S/C62H40N2/c1-3-19-43-37-47(35-33-41(43)17-1)63(59-39-45-21-5-7-23-49(45)51-25-9-11-27-53(51)59)61-55-29-13-15-31-57(55)62(58-32-16-14-30-56(58)61)64(48-36-34-42-18-2-4-20-44(42)38-48)60-40-46-22-6-8-24-50(46)52-26-10-12-28-54(52)60/h1-40H. The molecule has 0 spiro atoms. The molecule has 0 unspecified atom stereocenters. The summed E-state index contributed by atoms with van der Waals surface area (Å²) < 4.78 is 0. The van der Waals surface area contributed by atoms with Gasteiger partial charge in [0, 0.05) is 43.7 Å². The van der Waals surface area contributed by atoms with Crippen molar-refractivity contribution in [2.24, 2.45) is 0 Å². The van der Waals surface area contributed by atoms with Gasteiger partial charge in [0.05, 0.1) is 22.7 Å². The van der Waals surface area contributed by atoms with Crippen LogP contribution < -0.4 is 9.80 Å². The van der Waals surface area contributed by atoms with Gasteiger partial charge in [0.1, 0.15) is 0 Å². The van der Waals surface area contributed by atoms with Gasteiger partial charge >= 0.3 is 0 Å². The van der Waals surface area contributed by atoms with Crippen LogP contribution in [0, 0.1) is 0 Å². The predicted octanol–water partition coefficient (Wildman–Crippen LogP) is 17.9. The van der Waals surface area contributed by atoms with Crippen LogP contribution in [-0.2, 0) is 0 Å². The second-order valence-electron chi connectivity index (χ2n) is 16.8. The Bertz CT molecular complexity index is 3680. The summed E-state index contributed by atoms with van der Waals surface area (Å²) in [6.45, 7) is 0. The smallest absolute Gasteiger partial charge is 0.0620 e. The number of rotatable bonds is 6. The van der Waals surface area contributed by atoms with E-state index in [2.05, 4.69) is 252 Å². The van der Waals surface area contributed by atoms with Crippen LogP contribution in [0.1, 0.15) is 0 Å². The molecule has 0 aliphatic heterocycles. The average Bonchev–Trinajstić information content (AvgIpc) is 3.37. The van der Waals surface area contributed by atoms with Crippen molar-refractivity contribution in [3.63, 3.8) is 0 Å². The summed E-state index contributed by atoms with van der Waals surface area (Å²) in [4.78, 5) is 5.09. The van der Waals surface area contributed by atoms with E-state index in [1.165, 1.54) is 64.6 Å². The minimum Gasteiger partial charge on any atom is -0.309 e. The highest BCUT2D eigenvalue weighted by Crippen LogP contribution is 2.54. The topological polar surface area (TPSA) is 6.48 Å². The van der Waals surface area contributed by atoms with E-state index in [1.807, 2.05) is 0 Å². The van der Waals surface area contributed by atoms with E-state index < -0.39 is 0 Å². The fourth-order valence-electron chi connectivity index (χ4n) is 10.4. The van der Waals surface area contributed by atoms with Gasteiger partial charge in [0.2, 0.25) is 0 Å². The van der Waals surface area contributed by atoms with E-state index in [0.717, 1.165) is 55.7 Å². The third kappa shape index (κ3) is 5.66. The summed E-state index contributed by atoms with van der Waals surface area (Å²) in [5, 5.41) is 19.3. The molecule has 64 heavy (non-hydrogen) atoms. The first-order valence-electron chi connectivity index (χ1n) is 22.1. The van der Waals surface area contributed by atoms with Crippen LogP contribution >= 0.6 is 0 Å². The SMILES string of the molecule is c1ccc2cc(N(c3c4ccccc4c(N(c4ccc5ccccc5c4)c4cc5ccccc5c5ccccc45)c4ccccc34)c3cc4ccccc4c4ccccc34)ccc2c1. The van der Waals surface area contributed by atoms with Gasteiger partial charge < -0.3 is 9.80 Å². The van der Waals surface area contributed by atoms with Gasteiger partial charge in [-0.1, -0.05) is 206 Å². The molecule has 0 bridgehead atoms. The van der Waals surface area contributed by atoms with Crippen molar-refractivity contribution >= 4 is 120 Å². The van der Waals surface area contributed by atoms with Crippen molar-refractivity contribution in [3.8, 4) is 0 Å². The number of nitrogens with zero attached hydrogens (tertiary/aromatic N) is 2. The van der Waals surface area contributed by atoms with Gasteiger partial charge in [-0.15, -0.1) is 0 Å². The Balaban J connectivity index is 1.19. The van der Waals surface area contributed by atoms with Crippen molar-refractivity contribution in [2.45, 2.75) is 0 Å². The van der Waals surface area contributed by atoms with E-state index in [9.17, 15) is 0 Å². The van der Waals surface area contributed by atoms with Crippen molar-refractivity contribution < 1.29 is 0 Å². The molecule has 0 saturated carbocycles. The van der Waals surface area contributed by atoms with Crippen molar-refractivity contribution in [1.82, 2.24) is 0 Å². The molecule has 2 nitrogen and oxygen atoms in total. The first-order chi connectivity index (χ1) is 31.8. The lowest BCUT2D eigenvalue weighted by molar-refractivity contribution is 1.32. The Hall–Kier alpha value is -8.46. The maximum absolute atomic E-state index is 2.54. The van der Waals surface area contributed by atoms with E-state index in [-0.39, 0.29) is 0 Å². The van der Waals surface area contributed by atoms with Crippen molar-refractivity contribution in [2.75, 3.05) is 9.80 Å². The molecule has 0 radical (unpaired) electrons. The van der Waals surface area contributed by atoms with Crippen molar-refractivity contribution in [3.05, 3.63) is 243 Å². The van der Waals surface area contributed by atoms with E-state index in [0.29, 0.717) is 0 Å². The van der Waals surface area contributed by atoms with Gasteiger partial charge in [0.15, 0.2) is 0 Å². The molecule has 13 aromatic rings. The van der Waals surface area contributed by atoms with Gasteiger partial charge in [-0.25, -0.2) is 0 Å². The zero-order chi connectivity index (χ0) is 42.1. The molecule has 0 atom stereocenters. The highest BCUT2D eigenvalue weighted by Gasteiger charge is 2.28. The van der Waals surface area contributed by atoms with Crippen LogP contribution in [0.4, 0.5) is 34.1 Å². The molecule has 0 aliphatic rings. The van der Waals surface area contributed by atoms with E-state index in [4.69, 9.17) is 0 Å². The number of hydrogen-bond acceptors (Lipinski definition) is 2. The third-order valence-corrected chi connectivity index (χ3v) is 13.3. The first-order valence-corrected chi connectivity index (χ1v) is 22.1. The highest BCUT2D eigenvalue weighted by molar-refractivity contribution is 6.26. The summed E-state index contributed by atoms with van der Waals surface area (Å²) >= 11 is 0. The molecule has 0 N–H and O–H groups in total. The minimum atomic E-state index is 1.11. The molecular weight excluding hydrogens is 773 g/mol. The molecule has 0 amide bonds. The zero-order valence-electron chi connectivity index (χ0n) is 35.0. The number of fused-ring (bicyclic) bond motifs is 10. The molecule has 0 aliphatic carbocycles. The molecule has 0 saturated heterocycles. The zero-order valence-corrected chi connectivity index (χ0v) is 35.0. The van der Waals surface area contributed by atoms with Gasteiger partial charge in [-0.2, -0.15) is 0 Å². The van der Waals surface area contributed by atoms with Gasteiger partial charge in [-0.05, 0) is 90.3 Å². The fraction of sp³-hybridized carbons (Fsp3) is 0. The van der Waals surface area contributed by atoms with Gasteiger partial charge in [0.25, 0.3) is 0 Å². The monoisotopic (exact) mass is 812 g/mol. The van der Waals surface area contributed by atoms with Crippen LogP contribution in [0.15, 0.2) is 243 Å². The third-order valence-electron chi connectivity index (χ3n) is 13.3. The molecule has 0 heterocycles. The quantitative estimate of drug-likeness (QED) is 0.0937. The fourth-order valence-corrected chi connectivity index (χ4v) is 10.4. The Morgan fingerprint density at radius 1 is 0.188 bits per heavy atom. The lowest BCUT2D eigenvalue weighted by Gasteiger charge is -2.34. The summed E-state index contributed by atoms with van der Waals surface area (Å²) in [5.74, 6) is 0. The van der Waals surface area contributed by atoms with Crippen LogP contribution in [0.25, 0.3) is 86.2 Å². The molecule has 13 rings (SSSR count). The largest absolute Gasteiger partial charge is 0.309 e. The molecule has 2 heteroatoms. The van der Waals surface area contributed by atoms with Crippen molar-refractivity contribution in [1.29, 1.82) is 0 Å². The Morgan fingerprint density at radius 3 is 0.844 bits per heavy atom. The van der Waals surface area contributed by atoms with Crippen LogP contribution in [-0.4, -0.2) is 0 Å². The average molecular weight is 813 g/mol. The summed E-state index contributed by atoms with van der Waals surface area (Å²) in [7, 11) is 0. The summed E-state index contributed by atoms with van der Waals surface area (Å²) in [6, 6.07) is 89.5. The molecular formula is C62H40N2. The second-order valence-corrected chi connectivity index (χ2v) is 16.8. The molecule has 298 valence electrons. The number of anilines is 6. The highest BCUT2D eigenvalue weighted by atomic mass is 15.2. The summed E-state index contributed by atoms with van der Waals surface area (Å²) in [6.07, 6.45) is 0. The normalized spacial score (nSPS) is 11.8. The maximum Gasteiger partial charge on any atom is 0.0620 e. The Labute approximate surface area is 371 Å². The van der Waals surface area contributed by atoms with E-state index in [1.54, 1.807) is 0 Å². The molecule has 13 aromatic carbocycles. The number of benzene rings is 13.